The number of carbonyl (C=O) groups is 1. The van der Waals surface area contributed by atoms with Crippen LogP contribution in [-0.4, -0.2) is 58.5 Å². The maximum absolute atomic E-state index is 12.3. The van der Waals surface area contributed by atoms with E-state index in [1.165, 1.54) is 11.1 Å². The van der Waals surface area contributed by atoms with Crippen molar-refractivity contribution in [3.63, 3.8) is 0 Å². The number of hydrogen-bond donors (Lipinski definition) is 1. The molecule has 0 spiro atoms. The summed E-state index contributed by atoms with van der Waals surface area (Å²) in [5.74, 6) is 1.18. The predicted octanol–water partition coefficient (Wildman–Crippen LogP) is 6.80. The van der Waals surface area contributed by atoms with E-state index < -0.39 is 0 Å². The number of aromatic nitrogens is 1. The van der Waals surface area contributed by atoms with Crippen LogP contribution in [0.1, 0.15) is 58.9 Å². The molecule has 3 fully saturated rings. The molecule has 2 aliphatic heterocycles. The molecule has 8 heteroatoms. The standard InChI is InChI=1S/C37H39N5O3/c1-26-29(14-19-35(38-26)45-33-17-12-28(13-18-33)36(43)39-31-15-16-31)24-41-22-20-32(21-23-41)42-34(27-8-4-2-5-9-27)25-44-37(42)40-30-10-6-3-7-11-30/h2-14,17-19,31-32,34H,15-16,20-25H2,1H3,(H,39,43)/b40-37-/t34-/m0/s1. The topological polar surface area (TPSA) is 79.3 Å². The molecular weight excluding hydrogens is 562 g/mol. The Morgan fingerprint density at radius 1 is 0.911 bits per heavy atom. The number of aryl methyl sites for hydroxylation is 1. The molecule has 3 aliphatic rings. The van der Waals surface area contributed by atoms with E-state index in [-0.39, 0.29) is 11.9 Å². The van der Waals surface area contributed by atoms with E-state index in [4.69, 9.17) is 19.5 Å². The molecule has 0 unspecified atom stereocenters. The minimum absolute atomic E-state index is 0.0306. The summed E-state index contributed by atoms with van der Waals surface area (Å²) in [4.78, 5) is 26.9. The highest BCUT2D eigenvalue weighted by atomic mass is 16.5. The van der Waals surface area contributed by atoms with Crippen molar-refractivity contribution < 1.29 is 14.3 Å². The van der Waals surface area contributed by atoms with Gasteiger partial charge < -0.3 is 19.7 Å². The Labute approximate surface area is 264 Å². The Kier molecular flexibility index (Phi) is 8.47. The van der Waals surface area contributed by atoms with Gasteiger partial charge in [-0.15, -0.1) is 0 Å². The third-order valence-corrected chi connectivity index (χ3v) is 8.86. The van der Waals surface area contributed by atoms with Crippen LogP contribution in [0.4, 0.5) is 5.69 Å². The Balaban J connectivity index is 0.976. The Morgan fingerprint density at radius 2 is 1.62 bits per heavy atom. The van der Waals surface area contributed by atoms with E-state index in [1.54, 1.807) is 12.1 Å². The largest absolute Gasteiger partial charge is 0.462 e. The van der Waals surface area contributed by atoms with E-state index in [0.29, 0.717) is 35.9 Å². The monoisotopic (exact) mass is 601 g/mol. The van der Waals surface area contributed by atoms with E-state index in [2.05, 4.69) is 51.5 Å². The number of amidine groups is 1. The van der Waals surface area contributed by atoms with Crippen LogP contribution >= 0.6 is 0 Å². The molecule has 3 aromatic carbocycles. The highest BCUT2D eigenvalue weighted by Gasteiger charge is 2.39. The van der Waals surface area contributed by atoms with E-state index in [0.717, 1.165) is 62.7 Å². The zero-order valence-electron chi connectivity index (χ0n) is 25.6. The molecule has 0 bridgehead atoms. The van der Waals surface area contributed by atoms with Gasteiger partial charge in [-0.2, -0.15) is 4.99 Å². The van der Waals surface area contributed by atoms with Crippen LogP contribution in [-0.2, 0) is 11.3 Å². The van der Waals surface area contributed by atoms with Gasteiger partial charge in [-0.05, 0) is 80.1 Å². The second-order valence-corrected chi connectivity index (χ2v) is 12.2. The summed E-state index contributed by atoms with van der Waals surface area (Å²) in [5, 5.41) is 3.01. The summed E-state index contributed by atoms with van der Waals surface area (Å²) in [7, 11) is 0. The molecule has 1 amide bonds. The number of carbonyl (C=O) groups excluding carboxylic acids is 1. The molecule has 1 aliphatic carbocycles. The second-order valence-electron chi connectivity index (χ2n) is 12.2. The van der Waals surface area contributed by atoms with Gasteiger partial charge in [0.2, 0.25) is 5.88 Å². The Morgan fingerprint density at radius 3 is 2.31 bits per heavy atom. The average Bonchev–Trinajstić information content (AvgIpc) is 3.80. The van der Waals surface area contributed by atoms with Crippen LogP contribution in [0.2, 0.25) is 0 Å². The molecule has 1 aromatic heterocycles. The van der Waals surface area contributed by atoms with E-state index in [1.807, 2.05) is 55.5 Å². The zero-order valence-corrected chi connectivity index (χ0v) is 25.6. The number of hydrogen-bond acceptors (Lipinski definition) is 6. The van der Waals surface area contributed by atoms with Crippen LogP contribution < -0.4 is 10.1 Å². The number of para-hydroxylation sites is 1. The minimum Gasteiger partial charge on any atom is -0.462 e. The normalized spacial score (nSPS) is 19.8. The molecule has 1 N–H and O–H groups in total. The number of benzene rings is 3. The van der Waals surface area contributed by atoms with Crippen LogP contribution in [0.15, 0.2) is 102 Å². The van der Waals surface area contributed by atoms with Crippen molar-refractivity contribution in [1.29, 1.82) is 0 Å². The fourth-order valence-corrected chi connectivity index (χ4v) is 6.17. The zero-order chi connectivity index (χ0) is 30.6. The third-order valence-electron chi connectivity index (χ3n) is 8.86. The highest BCUT2D eigenvalue weighted by Crippen LogP contribution is 2.35. The maximum atomic E-state index is 12.3. The van der Waals surface area contributed by atoms with Gasteiger partial charge in [0.05, 0.1) is 11.7 Å². The van der Waals surface area contributed by atoms with Crippen molar-refractivity contribution in [3.05, 3.63) is 119 Å². The quantitative estimate of drug-likeness (QED) is 0.227. The molecule has 2 saturated heterocycles. The molecule has 8 nitrogen and oxygen atoms in total. The van der Waals surface area contributed by atoms with Gasteiger partial charge in [0.1, 0.15) is 12.4 Å². The fourth-order valence-electron chi connectivity index (χ4n) is 6.17. The number of nitrogens with one attached hydrogen (secondary N) is 1. The van der Waals surface area contributed by atoms with Crippen molar-refractivity contribution in [3.8, 4) is 11.6 Å². The minimum atomic E-state index is -0.0306. The molecule has 0 radical (unpaired) electrons. The molecule has 4 aromatic rings. The van der Waals surface area contributed by atoms with Crippen LogP contribution in [0.3, 0.4) is 0 Å². The molecule has 230 valence electrons. The van der Waals surface area contributed by atoms with Crippen molar-refractivity contribution in [2.24, 2.45) is 4.99 Å². The lowest BCUT2D eigenvalue weighted by molar-refractivity contribution is 0.0951. The van der Waals surface area contributed by atoms with Crippen LogP contribution in [0, 0.1) is 6.92 Å². The average molecular weight is 602 g/mol. The third kappa shape index (κ3) is 7.02. The Hall–Kier alpha value is -4.69. The summed E-state index contributed by atoms with van der Waals surface area (Å²) in [6.45, 7) is 5.47. The van der Waals surface area contributed by atoms with Gasteiger partial charge in [-0.1, -0.05) is 54.6 Å². The summed E-state index contributed by atoms with van der Waals surface area (Å²) in [5.41, 5.74) is 4.98. The number of amides is 1. The lowest BCUT2D eigenvalue weighted by atomic mass is 9.98. The van der Waals surface area contributed by atoms with Crippen molar-refractivity contribution in [1.82, 2.24) is 20.1 Å². The van der Waals surface area contributed by atoms with Crippen molar-refractivity contribution >= 4 is 17.6 Å². The molecule has 1 saturated carbocycles. The number of likely N-dealkylation sites (tertiary alicyclic amines) is 1. The van der Waals surface area contributed by atoms with Gasteiger partial charge in [0.25, 0.3) is 11.9 Å². The number of ether oxygens (including phenoxy) is 2. The summed E-state index contributed by atoms with van der Waals surface area (Å²) >= 11 is 0. The first-order valence-electron chi connectivity index (χ1n) is 16.0. The molecule has 45 heavy (non-hydrogen) atoms. The van der Waals surface area contributed by atoms with Gasteiger partial charge in [0.15, 0.2) is 0 Å². The lowest BCUT2D eigenvalue weighted by Gasteiger charge is -2.39. The number of rotatable bonds is 9. The molecular formula is C37H39N5O3. The van der Waals surface area contributed by atoms with Crippen molar-refractivity contribution in [2.75, 3.05) is 19.7 Å². The smallest absolute Gasteiger partial charge is 0.293 e. The number of aliphatic imine (C=N–C) groups is 1. The first-order valence-corrected chi connectivity index (χ1v) is 16.0. The maximum Gasteiger partial charge on any atom is 0.293 e. The summed E-state index contributed by atoms with van der Waals surface area (Å²) < 4.78 is 12.3. The van der Waals surface area contributed by atoms with Gasteiger partial charge in [-0.3, -0.25) is 9.69 Å². The molecule has 1 atom stereocenters. The lowest BCUT2D eigenvalue weighted by Crippen LogP contribution is -2.46. The Bertz CT molecular complexity index is 1630. The number of nitrogens with zero attached hydrogens (tertiary/aromatic N) is 4. The van der Waals surface area contributed by atoms with Crippen LogP contribution in [0.25, 0.3) is 0 Å². The summed E-state index contributed by atoms with van der Waals surface area (Å²) in [6, 6.07) is 33.5. The first-order chi connectivity index (χ1) is 22.1. The number of pyridine rings is 1. The van der Waals surface area contributed by atoms with Gasteiger partial charge >= 0.3 is 0 Å². The molecule has 3 heterocycles. The summed E-state index contributed by atoms with van der Waals surface area (Å²) in [6.07, 6.45) is 4.20. The van der Waals surface area contributed by atoms with Gasteiger partial charge in [-0.25, -0.2) is 4.98 Å². The van der Waals surface area contributed by atoms with Crippen LogP contribution in [0.5, 0.6) is 11.6 Å². The first kappa shape index (κ1) is 29.0. The van der Waals surface area contributed by atoms with E-state index >= 15 is 0 Å². The van der Waals surface area contributed by atoms with E-state index in [9.17, 15) is 4.79 Å². The SMILES string of the molecule is Cc1nc(Oc2ccc(C(=O)NC3CC3)cc2)ccc1CN1CCC(N2/C(=N/c3ccccc3)OC[C@H]2c2ccccc2)CC1. The number of piperidine rings is 1. The highest BCUT2D eigenvalue weighted by molar-refractivity contribution is 5.94. The molecule has 7 rings (SSSR count). The predicted molar refractivity (Wildman–Crippen MR) is 175 cm³/mol. The van der Waals surface area contributed by atoms with Gasteiger partial charge in [0, 0.05) is 49.0 Å². The second kappa shape index (κ2) is 13.1. The van der Waals surface area contributed by atoms with Crippen molar-refractivity contribution in [2.45, 2.75) is 57.3 Å². The fraction of sp³-hybridized carbons (Fsp3) is 0.324.